The summed E-state index contributed by atoms with van der Waals surface area (Å²) >= 11 is 6.18. The number of halogens is 4. The maximum absolute atomic E-state index is 13.8. The minimum Gasteiger partial charge on any atom is -0.494 e. The second-order valence-electron chi connectivity index (χ2n) is 9.54. The minimum absolute atomic E-state index is 0.113. The molecule has 1 aliphatic heterocycles. The largest absolute Gasteiger partial charge is 0.494 e. The first-order valence-electron chi connectivity index (χ1n) is 12.0. The predicted octanol–water partition coefficient (Wildman–Crippen LogP) is 6.16. The summed E-state index contributed by atoms with van der Waals surface area (Å²) in [4.78, 5) is 14.7. The summed E-state index contributed by atoms with van der Waals surface area (Å²) < 4.78 is 46.9. The SMILES string of the molecule is Cc1c(NC(=O)C(C)(C)NCCCOc2ccc(C3=CCN(C)C=C3)c(C(F)(F)F)c2)ccc(C#N)c1Cl. The van der Waals surface area contributed by atoms with Gasteiger partial charge in [-0.25, -0.2) is 0 Å². The highest BCUT2D eigenvalue weighted by Gasteiger charge is 2.34. The van der Waals surface area contributed by atoms with E-state index in [1.165, 1.54) is 12.1 Å². The van der Waals surface area contributed by atoms with Gasteiger partial charge >= 0.3 is 6.18 Å². The number of rotatable bonds is 9. The Morgan fingerprint density at radius 2 is 1.97 bits per heavy atom. The van der Waals surface area contributed by atoms with Gasteiger partial charge in [0.25, 0.3) is 0 Å². The molecule has 0 unspecified atom stereocenters. The van der Waals surface area contributed by atoms with Crippen molar-refractivity contribution in [2.24, 2.45) is 0 Å². The van der Waals surface area contributed by atoms with Gasteiger partial charge in [-0.1, -0.05) is 23.7 Å². The van der Waals surface area contributed by atoms with Crippen LogP contribution < -0.4 is 15.4 Å². The van der Waals surface area contributed by atoms with Gasteiger partial charge in [-0.2, -0.15) is 18.4 Å². The number of likely N-dealkylation sites (N-methyl/N-ethyl adjacent to an activating group) is 1. The van der Waals surface area contributed by atoms with E-state index in [1.807, 2.05) is 18.0 Å². The van der Waals surface area contributed by atoms with Crippen LogP contribution in [0.5, 0.6) is 5.75 Å². The van der Waals surface area contributed by atoms with Gasteiger partial charge in [0.2, 0.25) is 5.91 Å². The van der Waals surface area contributed by atoms with Gasteiger partial charge in [-0.3, -0.25) is 4.79 Å². The molecule has 0 saturated carbocycles. The molecule has 38 heavy (non-hydrogen) atoms. The average Bonchev–Trinajstić information content (AvgIpc) is 2.86. The molecule has 1 aliphatic rings. The Bertz CT molecular complexity index is 1300. The van der Waals surface area contributed by atoms with Crippen LogP contribution in [0.3, 0.4) is 0 Å². The molecular formula is C28H30ClF3N4O2. The number of carbonyl (C=O) groups excluding carboxylic acids is 1. The Morgan fingerprint density at radius 1 is 1.24 bits per heavy atom. The van der Waals surface area contributed by atoms with E-state index in [0.717, 1.165) is 6.07 Å². The van der Waals surface area contributed by atoms with Crippen molar-refractivity contribution < 1.29 is 22.7 Å². The Labute approximate surface area is 225 Å². The van der Waals surface area contributed by atoms with Gasteiger partial charge in [0.15, 0.2) is 0 Å². The number of hydrogen-bond acceptors (Lipinski definition) is 5. The highest BCUT2D eigenvalue weighted by Crippen LogP contribution is 2.38. The number of nitrogens with zero attached hydrogens (tertiary/aromatic N) is 2. The molecule has 2 aromatic rings. The number of carbonyl (C=O) groups is 1. The highest BCUT2D eigenvalue weighted by molar-refractivity contribution is 6.33. The van der Waals surface area contributed by atoms with E-state index >= 15 is 0 Å². The van der Waals surface area contributed by atoms with Crippen LogP contribution in [0, 0.1) is 18.3 Å². The van der Waals surface area contributed by atoms with E-state index in [0.29, 0.717) is 41.9 Å². The second kappa shape index (κ2) is 11.9. The third kappa shape index (κ3) is 7.09. The van der Waals surface area contributed by atoms with E-state index in [9.17, 15) is 18.0 Å². The van der Waals surface area contributed by atoms with Crippen LogP contribution in [0.2, 0.25) is 5.02 Å². The lowest BCUT2D eigenvalue weighted by Gasteiger charge is -2.26. The van der Waals surface area contributed by atoms with Gasteiger partial charge < -0.3 is 20.3 Å². The smallest absolute Gasteiger partial charge is 0.417 e. The van der Waals surface area contributed by atoms with E-state index in [2.05, 4.69) is 10.6 Å². The molecule has 202 valence electrons. The van der Waals surface area contributed by atoms with Crippen LogP contribution in [-0.4, -0.2) is 43.1 Å². The lowest BCUT2D eigenvalue weighted by molar-refractivity contribution is -0.137. The molecule has 0 aromatic heterocycles. The number of nitriles is 1. The maximum Gasteiger partial charge on any atom is 0.417 e. The first kappa shape index (κ1) is 29.1. The standard InChI is InChI=1S/C28H30ClF3N4O2/c1-18-24(9-6-20(17-33)25(18)29)35-26(37)27(2,3)34-12-5-15-38-21-7-8-22(23(16-21)28(30,31)32)19-10-13-36(4)14-11-19/h6-11,13,16,34H,5,12,14-15H2,1-4H3,(H,35,37). The summed E-state index contributed by atoms with van der Waals surface area (Å²) in [5.41, 5.74) is 0.362. The minimum atomic E-state index is -4.52. The zero-order chi connectivity index (χ0) is 28.1. The van der Waals surface area contributed by atoms with Crippen LogP contribution in [-0.2, 0) is 11.0 Å². The van der Waals surface area contributed by atoms with Crippen molar-refractivity contribution >= 4 is 28.8 Å². The molecule has 3 rings (SSSR count). The molecule has 1 heterocycles. The fourth-order valence-corrected chi connectivity index (χ4v) is 4.01. The molecule has 10 heteroatoms. The summed E-state index contributed by atoms with van der Waals surface area (Å²) in [6, 6.07) is 9.16. The molecule has 2 N–H and O–H groups in total. The van der Waals surface area contributed by atoms with E-state index < -0.39 is 17.3 Å². The van der Waals surface area contributed by atoms with E-state index in [1.54, 1.807) is 51.3 Å². The highest BCUT2D eigenvalue weighted by atomic mass is 35.5. The fraction of sp³-hybridized carbons (Fsp3) is 0.357. The van der Waals surface area contributed by atoms with Crippen molar-refractivity contribution in [2.45, 2.75) is 38.9 Å². The van der Waals surface area contributed by atoms with Gasteiger partial charge in [-0.15, -0.1) is 0 Å². The lowest BCUT2D eigenvalue weighted by Crippen LogP contribution is -2.50. The van der Waals surface area contributed by atoms with Gasteiger partial charge in [0, 0.05) is 19.3 Å². The number of alkyl halides is 3. The number of anilines is 1. The molecule has 6 nitrogen and oxygen atoms in total. The zero-order valence-corrected chi connectivity index (χ0v) is 22.4. The second-order valence-corrected chi connectivity index (χ2v) is 9.92. The molecular weight excluding hydrogens is 517 g/mol. The quantitative estimate of drug-likeness (QED) is 0.368. The number of nitrogens with one attached hydrogen (secondary N) is 2. The average molecular weight is 547 g/mol. The molecule has 0 atom stereocenters. The maximum atomic E-state index is 13.8. The summed E-state index contributed by atoms with van der Waals surface area (Å²) in [5, 5.41) is 15.3. The van der Waals surface area contributed by atoms with Crippen LogP contribution in [0.1, 0.15) is 42.5 Å². The zero-order valence-electron chi connectivity index (χ0n) is 21.7. The molecule has 0 radical (unpaired) electrons. The fourth-order valence-electron chi connectivity index (χ4n) is 3.81. The number of amides is 1. The van der Waals surface area contributed by atoms with Gasteiger partial charge in [-0.05, 0) is 87.0 Å². The number of allylic oxidation sites excluding steroid dienone is 2. The van der Waals surface area contributed by atoms with Crippen LogP contribution in [0.25, 0.3) is 5.57 Å². The van der Waals surface area contributed by atoms with Crippen molar-refractivity contribution in [1.29, 1.82) is 5.26 Å². The Hall–Kier alpha value is -3.48. The summed E-state index contributed by atoms with van der Waals surface area (Å²) in [7, 11) is 1.85. The summed E-state index contributed by atoms with van der Waals surface area (Å²) in [6.07, 6.45) is 1.10. The van der Waals surface area contributed by atoms with Crippen LogP contribution in [0.4, 0.5) is 18.9 Å². The van der Waals surface area contributed by atoms with Gasteiger partial charge in [0.05, 0.1) is 28.3 Å². The van der Waals surface area contributed by atoms with E-state index in [-0.39, 0.29) is 28.8 Å². The monoisotopic (exact) mass is 546 g/mol. The van der Waals surface area contributed by atoms with Crippen molar-refractivity contribution in [3.8, 4) is 11.8 Å². The van der Waals surface area contributed by atoms with Crippen molar-refractivity contribution in [2.75, 3.05) is 32.1 Å². The molecule has 0 aliphatic carbocycles. The molecule has 0 fully saturated rings. The van der Waals surface area contributed by atoms with E-state index in [4.69, 9.17) is 21.6 Å². The number of benzene rings is 2. The number of hydrogen-bond donors (Lipinski definition) is 2. The van der Waals surface area contributed by atoms with Crippen LogP contribution >= 0.6 is 11.6 Å². The molecule has 2 aromatic carbocycles. The topological polar surface area (TPSA) is 77.4 Å². The Balaban J connectivity index is 1.55. The molecule has 0 saturated heterocycles. The predicted molar refractivity (Wildman–Crippen MR) is 143 cm³/mol. The van der Waals surface area contributed by atoms with Crippen LogP contribution in [0.15, 0.2) is 48.7 Å². The lowest BCUT2D eigenvalue weighted by atomic mass is 9.97. The summed E-state index contributed by atoms with van der Waals surface area (Å²) in [5.74, 6) is -0.172. The van der Waals surface area contributed by atoms with Crippen molar-refractivity contribution in [3.63, 3.8) is 0 Å². The molecule has 0 bridgehead atoms. The van der Waals surface area contributed by atoms with Gasteiger partial charge in [0.1, 0.15) is 11.8 Å². The van der Waals surface area contributed by atoms with Crippen molar-refractivity contribution in [1.82, 2.24) is 10.2 Å². The first-order chi connectivity index (χ1) is 17.8. The van der Waals surface area contributed by atoms with Crippen molar-refractivity contribution in [3.05, 3.63) is 76.0 Å². The first-order valence-corrected chi connectivity index (χ1v) is 12.4. The summed E-state index contributed by atoms with van der Waals surface area (Å²) in [6.45, 7) is 6.23. The normalized spacial score (nSPS) is 13.7. The molecule has 1 amide bonds. The number of ether oxygens (including phenoxy) is 1. The third-order valence-corrected chi connectivity index (χ3v) is 6.68. The Morgan fingerprint density at radius 3 is 2.61 bits per heavy atom. The molecule has 0 spiro atoms. The third-order valence-electron chi connectivity index (χ3n) is 6.19. The Kier molecular flexibility index (Phi) is 9.13.